The van der Waals surface area contributed by atoms with Crippen LogP contribution in [0.25, 0.3) is 0 Å². The van der Waals surface area contributed by atoms with Gasteiger partial charge in [-0.3, -0.25) is 0 Å². The van der Waals surface area contributed by atoms with E-state index in [4.69, 9.17) is 5.73 Å². The van der Waals surface area contributed by atoms with Crippen LogP contribution in [0.5, 0.6) is 0 Å². The molecule has 20 heavy (non-hydrogen) atoms. The average molecular weight is 279 g/mol. The molecule has 1 aromatic carbocycles. The van der Waals surface area contributed by atoms with E-state index in [2.05, 4.69) is 23.8 Å². The van der Waals surface area contributed by atoms with Gasteiger partial charge in [0.2, 0.25) is 0 Å². The summed E-state index contributed by atoms with van der Waals surface area (Å²) in [4.78, 5) is 4.71. The van der Waals surface area contributed by atoms with Gasteiger partial charge in [-0.25, -0.2) is 4.39 Å². The number of hydrogen-bond acceptors (Lipinski definition) is 3. The van der Waals surface area contributed by atoms with E-state index in [1.165, 1.54) is 6.07 Å². The molecule has 1 fully saturated rings. The monoisotopic (exact) mass is 279 g/mol. The highest BCUT2D eigenvalue weighted by Gasteiger charge is 2.25. The van der Waals surface area contributed by atoms with Crippen LogP contribution in [0.2, 0.25) is 0 Å². The molecule has 2 N–H and O–H groups in total. The number of benzene rings is 1. The van der Waals surface area contributed by atoms with Crippen molar-refractivity contribution in [3.05, 3.63) is 29.6 Å². The molecule has 0 saturated carbocycles. The summed E-state index contributed by atoms with van der Waals surface area (Å²) in [6, 6.07) is 5.44. The zero-order valence-corrected chi connectivity index (χ0v) is 12.8. The number of nitrogens with zero attached hydrogens (tertiary/aromatic N) is 2. The van der Waals surface area contributed by atoms with Crippen LogP contribution in [-0.4, -0.2) is 37.6 Å². The molecule has 1 aliphatic heterocycles. The predicted octanol–water partition coefficient (Wildman–Crippen LogP) is 2.77. The summed E-state index contributed by atoms with van der Waals surface area (Å²) >= 11 is 0. The van der Waals surface area contributed by atoms with Crippen LogP contribution in [0.15, 0.2) is 18.2 Å². The molecule has 0 bridgehead atoms. The summed E-state index contributed by atoms with van der Waals surface area (Å²) in [5, 5.41) is 0. The number of hydrogen-bond donors (Lipinski definition) is 1. The Labute approximate surface area is 121 Å². The van der Waals surface area contributed by atoms with E-state index in [-0.39, 0.29) is 11.9 Å². The molecule has 3 nitrogen and oxygen atoms in total. The lowest BCUT2D eigenvalue weighted by Crippen LogP contribution is -2.40. The van der Waals surface area contributed by atoms with Crippen molar-refractivity contribution in [1.82, 2.24) is 4.90 Å². The minimum Gasteiger partial charge on any atom is -0.367 e. The van der Waals surface area contributed by atoms with Gasteiger partial charge < -0.3 is 15.5 Å². The molecular formula is C16H26FN3. The van der Waals surface area contributed by atoms with Crippen molar-refractivity contribution in [2.45, 2.75) is 38.8 Å². The third kappa shape index (κ3) is 3.13. The highest BCUT2D eigenvalue weighted by atomic mass is 19.1. The van der Waals surface area contributed by atoms with Gasteiger partial charge in [-0.05, 0) is 45.5 Å². The number of halogens is 1. The normalized spacial score (nSPS) is 22.6. The van der Waals surface area contributed by atoms with Crippen molar-refractivity contribution >= 4 is 5.69 Å². The van der Waals surface area contributed by atoms with Crippen molar-refractivity contribution in [3.63, 3.8) is 0 Å². The van der Waals surface area contributed by atoms with E-state index in [1.54, 1.807) is 6.07 Å². The summed E-state index contributed by atoms with van der Waals surface area (Å²) in [6.45, 7) is 7.13. The Hall–Kier alpha value is -1.13. The summed E-state index contributed by atoms with van der Waals surface area (Å²) < 4.78 is 14.1. The van der Waals surface area contributed by atoms with Gasteiger partial charge >= 0.3 is 0 Å². The van der Waals surface area contributed by atoms with Gasteiger partial charge in [-0.1, -0.05) is 13.0 Å². The molecule has 4 heteroatoms. The predicted molar refractivity (Wildman–Crippen MR) is 82.5 cm³/mol. The van der Waals surface area contributed by atoms with Crippen LogP contribution >= 0.6 is 0 Å². The molecule has 0 amide bonds. The molecule has 2 rings (SSSR count). The third-order valence-electron chi connectivity index (χ3n) is 4.17. The molecule has 1 aromatic rings. The van der Waals surface area contributed by atoms with Crippen LogP contribution in [0.1, 0.15) is 38.3 Å². The lowest BCUT2D eigenvalue weighted by Gasteiger charge is -2.34. The SMILES string of the molecule is CCC1CN(C)CCCN1c1cccc(F)c1C(C)N. The first kappa shape index (κ1) is 15.3. The Bertz CT molecular complexity index is 447. The van der Waals surface area contributed by atoms with Crippen LogP contribution < -0.4 is 10.6 Å². The maximum Gasteiger partial charge on any atom is 0.130 e. The Morgan fingerprint density at radius 1 is 1.40 bits per heavy atom. The van der Waals surface area contributed by atoms with Gasteiger partial charge in [-0.2, -0.15) is 0 Å². The minimum absolute atomic E-state index is 0.190. The van der Waals surface area contributed by atoms with Crippen molar-refractivity contribution in [1.29, 1.82) is 0 Å². The quantitative estimate of drug-likeness (QED) is 0.923. The molecule has 0 radical (unpaired) electrons. The Balaban J connectivity index is 2.40. The highest BCUT2D eigenvalue weighted by Crippen LogP contribution is 2.31. The molecule has 0 spiro atoms. The highest BCUT2D eigenvalue weighted by molar-refractivity contribution is 5.56. The number of nitrogens with two attached hydrogens (primary N) is 1. The topological polar surface area (TPSA) is 32.5 Å². The smallest absolute Gasteiger partial charge is 0.130 e. The average Bonchev–Trinajstić information content (AvgIpc) is 2.59. The molecule has 1 saturated heterocycles. The lowest BCUT2D eigenvalue weighted by molar-refractivity contribution is 0.328. The van der Waals surface area contributed by atoms with Crippen molar-refractivity contribution in [2.24, 2.45) is 5.73 Å². The second-order valence-corrected chi connectivity index (χ2v) is 5.83. The third-order valence-corrected chi connectivity index (χ3v) is 4.17. The van der Waals surface area contributed by atoms with E-state index in [1.807, 2.05) is 13.0 Å². The van der Waals surface area contributed by atoms with Gasteiger partial charge in [0.05, 0.1) is 0 Å². The number of likely N-dealkylation sites (N-methyl/N-ethyl adjacent to an activating group) is 1. The Kier molecular flexibility index (Phi) is 5.00. The maximum absolute atomic E-state index is 14.1. The molecule has 1 heterocycles. The molecular weight excluding hydrogens is 253 g/mol. The Morgan fingerprint density at radius 2 is 2.15 bits per heavy atom. The van der Waals surface area contributed by atoms with Gasteiger partial charge in [0, 0.05) is 36.4 Å². The van der Waals surface area contributed by atoms with Crippen LogP contribution in [0.3, 0.4) is 0 Å². The van der Waals surface area contributed by atoms with Crippen molar-refractivity contribution < 1.29 is 4.39 Å². The van der Waals surface area contributed by atoms with Gasteiger partial charge in [0.15, 0.2) is 0 Å². The van der Waals surface area contributed by atoms with E-state index >= 15 is 0 Å². The van der Waals surface area contributed by atoms with E-state index < -0.39 is 0 Å². The lowest BCUT2D eigenvalue weighted by atomic mass is 10.0. The van der Waals surface area contributed by atoms with E-state index in [0.29, 0.717) is 11.6 Å². The van der Waals surface area contributed by atoms with Gasteiger partial charge in [-0.15, -0.1) is 0 Å². The maximum atomic E-state index is 14.1. The fourth-order valence-electron chi connectivity index (χ4n) is 3.14. The Morgan fingerprint density at radius 3 is 2.80 bits per heavy atom. The van der Waals surface area contributed by atoms with Crippen LogP contribution in [0, 0.1) is 5.82 Å². The van der Waals surface area contributed by atoms with Gasteiger partial charge in [0.1, 0.15) is 5.82 Å². The summed E-state index contributed by atoms with van der Waals surface area (Å²) in [5.74, 6) is -0.190. The van der Waals surface area contributed by atoms with E-state index in [0.717, 1.165) is 38.2 Å². The summed E-state index contributed by atoms with van der Waals surface area (Å²) in [6.07, 6.45) is 2.15. The fourth-order valence-corrected chi connectivity index (χ4v) is 3.14. The van der Waals surface area contributed by atoms with Crippen LogP contribution in [-0.2, 0) is 0 Å². The second kappa shape index (κ2) is 6.55. The minimum atomic E-state index is -0.287. The molecule has 0 aromatic heterocycles. The van der Waals surface area contributed by atoms with Crippen molar-refractivity contribution in [2.75, 3.05) is 31.6 Å². The second-order valence-electron chi connectivity index (χ2n) is 5.83. The number of anilines is 1. The first-order valence-corrected chi connectivity index (χ1v) is 7.53. The molecule has 2 atom stereocenters. The largest absolute Gasteiger partial charge is 0.367 e. The van der Waals surface area contributed by atoms with Gasteiger partial charge in [0.25, 0.3) is 0 Å². The molecule has 2 unspecified atom stereocenters. The zero-order valence-electron chi connectivity index (χ0n) is 12.8. The summed E-state index contributed by atoms with van der Waals surface area (Å²) in [5.41, 5.74) is 7.62. The zero-order chi connectivity index (χ0) is 14.7. The summed E-state index contributed by atoms with van der Waals surface area (Å²) in [7, 11) is 2.16. The standard InChI is InChI=1S/C16H26FN3/c1-4-13-11-19(3)9-6-10-20(13)15-8-5-7-14(17)16(15)12(2)18/h5,7-8,12-13H,4,6,9-11,18H2,1-3H3. The van der Waals surface area contributed by atoms with Crippen molar-refractivity contribution in [3.8, 4) is 0 Å². The molecule has 1 aliphatic rings. The number of rotatable bonds is 3. The fraction of sp³-hybridized carbons (Fsp3) is 0.625. The first-order chi connectivity index (χ1) is 9.54. The molecule has 0 aliphatic carbocycles. The van der Waals surface area contributed by atoms with Crippen LogP contribution in [0.4, 0.5) is 10.1 Å². The molecule has 112 valence electrons. The van der Waals surface area contributed by atoms with E-state index in [9.17, 15) is 4.39 Å². The first-order valence-electron chi connectivity index (χ1n) is 7.53.